The van der Waals surface area contributed by atoms with Gasteiger partial charge in [-0.2, -0.15) is 0 Å². The van der Waals surface area contributed by atoms with E-state index in [4.69, 9.17) is 5.11 Å². The molecule has 7 heteroatoms. The Morgan fingerprint density at radius 2 is 2.11 bits per heavy atom. The average Bonchev–Trinajstić information content (AvgIpc) is 2.39. The topological polar surface area (TPSA) is 98.7 Å². The zero-order valence-corrected chi connectivity index (χ0v) is 10.0. The van der Waals surface area contributed by atoms with Crippen LogP contribution in [0.4, 0.5) is 0 Å². The highest BCUT2D eigenvalue weighted by molar-refractivity contribution is 5.89. The number of nitrogens with one attached hydrogen (secondary N) is 2. The van der Waals surface area contributed by atoms with Gasteiger partial charge in [-0.25, -0.2) is 4.79 Å². The molecular formula is C11H17N3O4. The summed E-state index contributed by atoms with van der Waals surface area (Å²) < 4.78 is 0. The highest BCUT2D eigenvalue weighted by Gasteiger charge is 2.36. The van der Waals surface area contributed by atoms with E-state index in [0.29, 0.717) is 13.0 Å². The first kappa shape index (κ1) is 12.8. The number of carbonyl (C=O) groups excluding carboxylic acids is 2. The first-order valence-corrected chi connectivity index (χ1v) is 6.13. The molecule has 2 saturated heterocycles. The monoisotopic (exact) mass is 255 g/mol. The van der Waals surface area contributed by atoms with Gasteiger partial charge >= 0.3 is 5.97 Å². The lowest BCUT2D eigenvalue weighted by atomic mass is 10.0. The zero-order chi connectivity index (χ0) is 13.1. The molecule has 2 rings (SSSR count). The Balaban J connectivity index is 2.02. The fourth-order valence-corrected chi connectivity index (χ4v) is 2.39. The van der Waals surface area contributed by atoms with E-state index in [1.807, 2.05) is 0 Å². The predicted octanol–water partition coefficient (Wildman–Crippen LogP) is -1.46. The normalized spacial score (nSPS) is 28.7. The molecule has 0 saturated carbocycles. The maximum atomic E-state index is 12.2. The molecule has 0 aromatic rings. The fraction of sp³-hybridized carbons (Fsp3) is 0.727. The summed E-state index contributed by atoms with van der Waals surface area (Å²) in [6.07, 6.45) is 2.16. The van der Waals surface area contributed by atoms with Crippen LogP contribution in [0.5, 0.6) is 0 Å². The standard InChI is InChI=1S/C11H17N3O4/c15-9-6-12-7(5-13-9)10(16)14-4-2-1-3-8(14)11(17)18/h7-8,12H,1-6H2,(H,13,15)(H,17,18)/t7?,8-/m0/s1. The van der Waals surface area contributed by atoms with Crippen LogP contribution in [-0.2, 0) is 14.4 Å². The van der Waals surface area contributed by atoms with Crippen LogP contribution >= 0.6 is 0 Å². The van der Waals surface area contributed by atoms with Crippen molar-refractivity contribution in [2.24, 2.45) is 0 Å². The predicted molar refractivity (Wildman–Crippen MR) is 61.8 cm³/mol. The van der Waals surface area contributed by atoms with E-state index in [9.17, 15) is 14.4 Å². The van der Waals surface area contributed by atoms with Crippen LogP contribution in [0.2, 0.25) is 0 Å². The van der Waals surface area contributed by atoms with Crippen LogP contribution in [0, 0.1) is 0 Å². The molecule has 2 amide bonds. The van der Waals surface area contributed by atoms with Crippen LogP contribution in [0.15, 0.2) is 0 Å². The molecule has 2 aliphatic rings. The summed E-state index contributed by atoms with van der Waals surface area (Å²) in [5, 5.41) is 14.5. The van der Waals surface area contributed by atoms with Gasteiger partial charge in [-0.15, -0.1) is 0 Å². The van der Waals surface area contributed by atoms with E-state index in [1.165, 1.54) is 4.90 Å². The van der Waals surface area contributed by atoms with E-state index in [-0.39, 0.29) is 24.9 Å². The van der Waals surface area contributed by atoms with E-state index in [1.54, 1.807) is 0 Å². The highest BCUT2D eigenvalue weighted by atomic mass is 16.4. The second-order valence-electron chi connectivity index (χ2n) is 4.62. The van der Waals surface area contributed by atoms with Crippen LogP contribution in [0.3, 0.4) is 0 Å². The van der Waals surface area contributed by atoms with Crippen molar-refractivity contribution in [2.45, 2.75) is 31.3 Å². The first-order chi connectivity index (χ1) is 8.59. The summed E-state index contributed by atoms with van der Waals surface area (Å²) in [6.45, 7) is 0.796. The maximum Gasteiger partial charge on any atom is 0.326 e. The SMILES string of the molecule is O=C1CNC(C(=O)N2CCCC[C@H]2C(=O)O)CN1. The van der Waals surface area contributed by atoms with Gasteiger partial charge in [0.2, 0.25) is 11.8 Å². The Bertz CT molecular complexity index is 361. The van der Waals surface area contributed by atoms with Gasteiger partial charge in [-0.3, -0.25) is 14.9 Å². The Hall–Kier alpha value is -1.63. The third-order valence-electron chi connectivity index (χ3n) is 3.38. The van der Waals surface area contributed by atoms with E-state index < -0.39 is 18.1 Å². The minimum Gasteiger partial charge on any atom is -0.480 e. The summed E-state index contributed by atoms with van der Waals surface area (Å²) in [4.78, 5) is 35.7. The second-order valence-corrected chi connectivity index (χ2v) is 4.62. The van der Waals surface area contributed by atoms with Crippen LogP contribution in [0.25, 0.3) is 0 Å². The van der Waals surface area contributed by atoms with E-state index >= 15 is 0 Å². The van der Waals surface area contributed by atoms with Crippen molar-refractivity contribution in [2.75, 3.05) is 19.6 Å². The summed E-state index contributed by atoms with van der Waals surface area (Å²) in [5.74, 6) is -1.34. The van der Waals surface area contributed by atoms with Crippen molar-refractivity contribution in [3.8, 4) is 0 Å². The van der Waals surface area contributed by atoms with Gasteiger partial charge in [0.1, 0.15) is 12.1 Å². The number of piperidine rings is 1. The van der Waals surface area contributed by atoms with Gasteiger partial charge in [-0.1, -0.05) is 0 Å². The second kappa shape index (κ2) is 5.34. The fourth-order valence-electron chi connectivity index (χ4n) is 2.39. The van der Waals surface area contributed by atoms with Gasteiger partial charge in [-0.05, 0) is 19.3 Å². The molecule has 100 valence electrons. The molecule has 0 aromatic heterocycles. The number of carboxylic acid groups (broad SMARTS) is 1. The molecule has 2 heterocycles. The van der Waals surface area contributed by atoms with Crippen molar-refractivity contribution in [3.05, 3.63) is 0 Å². The number of aliphatic carboxylic acids is 1. The number of nitrogens with zero attached hydrogens (tertiary/aromatic N) is 1. The molecule has 18 heavy (non-hydrogen) atoms. The van der Waals surface area contributed by atoms with Crippen LogP contribution in [0.1, 0.15) is 19.3 Å². The number of carboxylic acids is 1. The van der Waals surface area contributed by atoms with Gasteiger partial charge in [0, 0.05) is 13.1 Å². The van der Waals surface area contributed by atoms with Gasteiger partial charge in [0.15, 0.2) is 0 Å². The largest absolute Gasteiger partial charge is 0.480 e. The third-order valence-corrected chi connectivity index (χ3v) is 3.38. The minimum atomic E-state index is -0.956. The summed E-state index contributed by atoms with van der Waals surface area (Å²) in [7, 11) is 0. The lowest BCUT2D eigenvalue weighted by Gasteiger charge is -2.36. The van der Waals surface area contributed by atoms with Crippen molar-refractivity contribution in [1.82, 2.24) is 15.5 Å². The summed E-state index contributed by atoms with van der Waals surface area (Å²) in [5.41, 5.74) is 0. The van der Waals surface area contributed by atoms with Crippen molar-refractivity contribution >= 4 is 17.8 Å². The zero-order valence-electron chi connectivity index (χ0n) is 10.0. The molecule has 0 spiro atoms. The molecule has 0 bridgehead atoms. The molecule has 7 nitrogen and oxygen atoms in total. The number of rotatable bonds is 2. The quantitative estimate of drug-likeness (QED) is 0.560. The van der Waals surface area contributed by atoms with Gasteiger partial charge in [0.05, 0.1) is 6.54 Å². The molecule has 0 aliphatic carbocycles. The Morgan fingerprint density at radius 1 is 1.33 bits per heavy atom. The van der Waals surface area contributed by atoms with Crippen molar-refractivity contribution < 1.29 is 19.5 Å². The van der Waals surface area contributed by atoms with Crippen LogP contribution in [-0.4, -0.2) is 59.5 Å². The minimum absolute atomic E-state index is 0.0992. The first-order valence-electron chi connectivity index (χ1n) is 6.13. The number of hydrogen-bond acceptors (Lipinski definition) is 4. The number of hydrogen-bond donors (Lipinski definition) is 3. The summed E-state index contributed by atoms with van der Waals surface area (Å²) >= 11 is 0. The molecule has 3 N–H and O–H groups in total. The van der Waals surface area contributed by atoms with Gasteiger partial charge in [0.25, 0.3) is 0 Å². The lowest BCUT2D eigenvalue weighted by Crippen LogP contribution is -2.61. The maximum absolute atomic E-state index is 12.2. The molecule has 2 atom stereocenters. The van der Waals surface area contributed by atoms with E-state index in [2.05, 4.69) is 10.6 Å². The number of likely N-dealkylation sites (tertiary alicyclic amines) is 1. The number of carbonyl (C=O) groups is 3. The van der Waals surface area contributed by atoms with Crippen LogP contribution < -0.4 is 10.6 Å². The molecular weight excluding hydrogens is 238 g/mol. The van der Waals surface area contributed by atoms with E-state index in [0.717, 1.165) is 12.8 Å². The summed E-state index contributed by atoms with van der Waals surface area (Å²) in [6, 6.07) is -1.24. The number of amides is 2. The molecule has 1 unspecified atom stereocenters. The average molecular weight is 255 g/mol. The Kier molecular flexibility index (Phi) is 3.81. The molecule has 2 fully saturated rings. The molecule has 0 aromatic carbocycles. The number of piperazine rings is 1. The molecule has 2 aliphatic heterocycles. The third kappa shape index (κ3) is 2.61. The Morgan fingerprint density at radius 3 is 2.72 bits per heavy atom. The Labute approximate surface area is 105 Å². The highest BCUT2D eigenvalue weighted by Crippen LogP contribution is 2.18. The smallest absolute Gasteiger partial charge is 0.326 e. The van der Waals surface area contributed by atoms with Gasteiger partial charge < -0.3 is 15.3 Å². The van der Waals surface area contributed by atoms with Crippen molar-refractivity contribution in [1.29, 1.82) is 0 Å². The van der Waals surface area contributed by atoms with Crippen molar-refractivity contribution in [3.63, 3.8) is 0 Å². The lowest BCUT2D eigenvalue weighted by molar-refractivity contribution is -0.153. The molecule has 0 radical (unpaired) electrons.